The van der Waals surface area contributed by atoms with Gasteiger partial charge in [-0.15, -0.1) is 11.8 Å². The van der Waals surface area contributed by atoms with Gasteiger partial charge in [-0.1, -0.05) is 0 Å². The van der Waals surface area contributed by atoms with Crippen molar-refractivity contribution < 1.29 is 19.4 Å². The molecule has 2 heterocycles. The van der Waals surface area contributed by atoms with Crippen LogP contribution in [0.1, 0.15) is 42.5 Å². The van der Waals surface area contributed by atoms with Gasteiger partial charge in [-0.05, 0) is 74.2 Å². The molecule has 1 aliphatic heterocycles. The van der Waals surface area contributed by atoms with Crippen molar-refractivity contribution in [3.8, 4) is 0 Å². The van der Waals surface area contributed by atoms with E-state index < -0.39 is 6.16 Å². The summed E-state index contributed by atoms with van der Waals surface area (Å²) >= 11 is 1.51. The molecule has 1 amide bonds. The lowest BCUT2D eigenvalue weighted by Crippen LogP contribution is -2.55. The Bertz CT molecular complexity index is 884. The van der Waals surface area contributed by atoms with Crippen LogP contribution in [0.25, 0.3) is 0 Å². The molecule has 0 aromatic carbocycles. The van der Waals surface area contributed by atoms with E-state index in [1.807, 2.05) is 18.4 Å². The smallest absolute Gasteiger partial charge is 0.450 e. The lowest BCUT2D eigenvalue weighted by atomic mass is 9.54. The molecule has 3 atom stereocenters. The van der Waals surface area contributed by atoms with Crippen molar-refractivity contribution in [1.29, 1.82) is 0 Å². The maximum atomic E-state index is 13.2. The molecule has 7 rings (SSSR count). The highest BCUT2D eigenvalue weighted by Crippen LogP contribution is 2.54. The number of piperidine rings is 1. The van der Waals surface area contributed by atoms with Crippen molar-refractivity contribution in [2.45, 2.75) is 49.3 Å². The number of rotatable bonds is 5. The van der Waals surface area contributed by atoms with Crippen LogP contribution in [0.3, 0.4) is 0 Å². The zero-order valence-corrected chi connectivity index (χ0v) is 18.5. The van der Waals surface area contributed by atoms with Gasteiger partial charge in [0.1, 0.15) is 16.9 Å². The van der Waals surface area contributed by atoms with E-state index in [0.717, 1.165) is 35.8 Å². The average molecular weight is 444 g/mol. The normalized spacial score (nSPS) is 39.3. The molecule has 4 bridgehead atoms. The summed E-state index contributed by atoms with van der Waals surface area (Å²) in [5, 5.41) is 13.0. The van der Waals surface area contributed by atoms with E-state index in [1.54, 1.807) is 0 Å². The Kier molecular flexibility index (Phi) is 4.63. The molecule has 1 aromatic heterocycles. The number of carbonyl (C=O) groups excluding carboxylic acids is 1. The fourth-order valence-electron chi connectivity index (χ4n) is 7.28. The first-order valence-corrected chi connectivity index (χ1v) is 12.7. The van der Waals surface area contributed by atoms with Gasteiger partial charge in [0.2, 0.25) is 0 Å². The molecule has 6 fully saturated rings. The van der Waals surface area contributed by atoms with E-state index >= 15 is 0 Å². The molecular formula is C23H29N3O4S. The lowest BCUT2D eigenvalue weighted by molar-refractivity contribution is -0.0120. The van der Waals surface area contributed by atoms with Gasteiger partial charge in [-0.25, -0.2) is 9.78 Å². The van der Waals surface area contributed by atoms with Gasteiger partial charge in [0.15, 0.2) is 0 Å². The average Bonchev–Trinajstić information content (AvgIpc) is 3.17. The third kappa shape index (κ3) is 3.38. The monoisotopic (exact) mass is 443 g/mol. The maximum Gasteiger partial charge on any atom is 0.506 e. The molecule has 7 nitrogen and oxygen atoms in total. The van der Waals surface area contributed by atoms with E-state index in [0.29, 0.717) is 23.4 Å². The van der Waals surface area contributed by atoms with Crippen molar-refractivity contribution in [3.05, 3.63) is 17.7 Å². The number of carbonyl (C=O) groups is 2. The third-order valence-corrected chi connectivity index (χ3v) is 9.18. The Balaban J connectivity index is 1.13. The Morgan fingerprint density at radius 2 is 1.74 bits per heavy atom. The summed E-state index contributed by atoms with van der Waals surface area (Å²) in [7, 11) is 0. The number of amides is 1. The number of hydrogen-bond acceptors (Lipinski definition) is 6. The van der Waals surface area contributed by atoms with Crippen LogP contribution in [0.15, 0.2) is 17.2 Å². The lowest BCUT2D eigenvalue weighted by Gasteiger charge is -2.54. The molecule has 8 heteroatoms. The predicted octanol–water partition coefficient (Wildman–Crippen LogP) is 3.49. The minimum Gasteiger partial charge on any atom is -0.450 e. The number of thioether (sulfide) groups is 1. The highest BCUT2D eigenvalue weighted by atomic mass is 32.2. The molecule has 0 radical (unpaired) electrons. The van der Waals surface area contributed by atoms with Crippen LogP contribution in [0.4, 0.5) is 10.6 Å². The van der Waals surface area contributed by atoms with Crippen molar-refractivity contribution >= 4 is 29.6 Å². The quantitative estimate of drug-likeness (QED) is 0.532. The summed E-state index contributed by atoms with van der Waals surface area (Å²) < 4.78 is 4.93. The fraction of sp³-hybridized carbons (Fsp3) is 0.696. The molecular weight excluding hydrogens is 414 g/mol. The number of aromatic nitrogens is 1. The summed E-state index contributed by atoms with van der Waals surface area (Å²) in [5.41, 5.74) is 0.668. The molecule has 166 valence electrons. The van der Waals surface area contributed by atoms with Gasteiger partial charge in [-0.2, -0.15) is 0 Å². The largest absolute Gasteiger partial charge is 0.506 e. The van der Waals surface area contributed by atoms with Gasteiger partial charge in [-0.3, -0.25) is 4.79 Å². The Morgan fingerprint density at radius 1 is 1.10 bits per heavy atom. The molecule has 6 aliphatic rings. The topological polar surface area (TPSA) is 91.8 Å². The minimum absolute atomic E-state index is 0.0139. The third-order valence-electron chi connectivity index (χ3n) is 8.48. The molecule has 1 saturated heterocycles. The summed E-state index contributed by atoms with van der Waals surface area (Å²) in [6, 6.07) is 4.17. The van der Waals surface area contributed by atoms with Gasteiger partial charge in [0, 0.05) is 31.0 Å². The summed E-state index contributed by atoms with van der Waals surface area (Å²) in [6.07, 6.45) is 7.16. The van der Waals surface area contributed by atoms with E-state index in [2.05, 4.69) is 10.2 Å². The number of anilines is 1. The van der Waals surface area contributed by atoms with Gasteiger partial charge >= 0.3 is 6.16 Å². The number of pyridine rings is 1. The van der Waals surface area contributed by atoms with Crippen LogP contribution in [0.2, 0.25) is 0 Å². The highest BCUT2D eigenvalue weighted by molar-refractivity contribution is 7.98. The summed E-state index contributed by atoms with van der Waals surface area (Å²) in [4.78, 5) is 30.9. The standard InChI is InChI=1S/C23H29N3O4S/c1-31-22-15(21(27)25-19-13-5-11-4-12(7-13)8-14(19)6-11)2-3-18(24-22)26-9-16-17(10-26)20(16)30-23(28)29/h2-3,11-14,16-17,19-20H,4-10H2,1H3,(H,25,27)(H,28,29)/t11?,12?,13?,14?,16-,17+,19?,20?. The molecule has 31 heavy (non-hydrogen) atoms. The van der Waals surface area contributed by atoms with Crippen LogP contribution in [-0.2, 0) is 4.74 Å². The van der Waals surface area contributed by atoms with E-state index in [1.165, 1.54) is 43.9 Å². The molecule has 0 spiro atoms. The van der Waals surface area contributed by atoms with Crippen molar-refractivity contribution in [3.63, 3.8) is 0 Å². The fourth-order valence-corrected chi connectivity index (χ4v) is 7.84. The van der Waals surface area contributed by atoms with E-state index in [9.17, 15) is 9.59 Å². The van der Waals surface area contributed by atoms with Crippen molar-refractivity contribution in [2.75, 3.05) is 24.2 Å². The van der Waals surface area contributed by atoms with Crippen LogP contribution >= 0.6 is 11.8 Å². The summed E-state index contributed by atoms with van der Waals surface area (Å²) in [6.45, 7) is 1.51. The second-order valence-electron chi connectivity index (χ2n) is 10.2. The highest BCUT2D eigenvalue weighted by Gasteiger charge is 2.59. The Hall–Kier alpha value is -1.96. The number of fused-ring (bicyclic) bond motifs is 1. The van der Waals surface area contributed by atoms with Crippen LogP contribution in [0, 0.1) is 35.5 Å². The second kappa shape index (κ2) is 7.29. The van der Waals surface area contributed by atoms with E-state index in [-0.39, 0.29) is 23.8 Å². The van der Waals surface area contributed by atoms with Crippen LogP contribution in [0.5, 0.6) is 0 Å². The molecule has 1 aromatic rings. The van der Waals surface area contributed by atoms with Crippen LogP contribution in [-0.4, -0.2) is 53.6 Å². The Morgan fingerprint density at radius 3 is 2.32 bits per heavy atom. The zero-order valence-electron chi connectivity index (χ0n) is 17.7. The molecule has 5 aliphatic carbocycles. The van der Waals surface area contributed by atoms with Crippen molar-refractivity contribution in [1.82, 2.24) is 10.3 Å². The number of hydrogen-bond donors (Lipinski definition) is 2. The Labute approximate surface area is 186 Å². The van der Waals surface area contributed by atoms with Gasteiger partial charge in [0.25, 0.3) is 5.91 Å². The first-order valence-electron chi connectivity index (χ1n) is 11.5. The number of ether oxygens (including phenoxy) is 1. The van der Waals surface area contributed by atoms with Crippen LogP contribution < -0.4 is 10.2 Å². The predicted molar refractivity (Wildman–Crippen MR) is 116 cm³/mol. The number of nitrogens with one attached hydrogen (secondary N) is 1. The molecule has 5 saturated carbocycles. The summed E-state index contributed by atoms with van der Waals surface area (Å²) in [5.74, 6) is 4.49. The second-order valence-corrected chi connectivity index (χ2v) is 11.0. The van der Waals surface area contributed by atoms with Crippen molar-refractivity contribution in [2.24, 2.45) is 35.5 Å². The SMILES string of the molecule is CSc1nc(N2C[C@@H]3C(OC(=O)O)[C@@H]3C2)ccc1C(=O)NC1C2CC3CC(C2)CC1C3. The van der Waals surface area contributed by atoms with Gasteiger partial charge in [0.05, 0.1) is 5.56 Å². The minimum atomic E-state index is -1.19. The number of nitrogens with zero attached hydrogens (tertiary/aromatic N) is 2. The number of carboxylic acid groups (broad SMARTS) is 1. The molecule has 1 unspecified atom stereocenters. The van der Waals surface area contributed by atoms with E-state index in [4.69, 9.17) is 14.8 Å². The first-order chi connectivity index (χ1) is 15.0. The molecule has 2 N–H and O–H groups in total. The first kappa shape index (κ1) is 19.7. The maximum absolute atomic E-state index is 13.2. The zero-order chi connectivity index (χ0) is 21.3. The van der Waals surface area contributed by atoms with Gasteiger partial charge < -0.3 is 20.1 Å².